The van der Waals surface area contributed by atoms with Gasteiger partial charge in [-0.15, -0.1) is 5.10 Å². The normalized spacial score (nSPS) is 16.2. The molecule has 0 aliphatic carbocycles. The standard InChI is InChI=1S/C17H19ClFN7/c1-24-16-15(22-23-24)17(21-11-20-16)26-7-3-6-25(8-9-26)10-12-13(18)4-2-5-14(12)19/h2,4-5,11H,3,6-10H2,1H3. The van der Waals surface area contributed by atoms with Crippen molar-refractivity contribution in [2.24, 2.45) is 7.05 Å². The lowest BCUT2D eigenvalue weighted by molar-refractivity contribution is 0.281. The van der Waals surface area contributed by atoms with E-state index in [0.29, 0.717) is 28.3 Å². The quantitative estimate of drug-likeness (QED) is 0.699. The Morgan fingerprint density at radius 3 is 2.88 bits per heavy atom. The molecule has 9 heteroatoms. The third-order valence-electron chi connectivity index (χ3n) is 4.70. The third-order valence-corrected chi connectivity index (χ3v) is 5.05. The second-order valence-corrected chi connectivity index (χ2v) is 6.81. The Hall–Kier alpha value is -2.32. The zero-order valence-electron chi connectivity index (χ0n) is 14.4. The van der Waals surface area contributed by atoms with Crippen molar-refractivity contribution in [3.63, 3.8) is 0 Å². The molecule has 0 amide bonds. The third kappa shape index (κ3) is 3.22. The molecule has 1 fully saturated rings. The highest BCUT2D eigenvalue weighted by atomic mass is 35.5. The average Bonchev–Trinajstić information content (AvgIpc) is 2.87. The summed E-state index contributed by atoms with van der Waals surface area (Å²) in [5, 5.41) is 8.71. The van der Waals surface area contributed by atoms with Gasteiger partial charge < -0.3 is 4.90 Å². The molecule has 1 aliphatic rings. The van der Waals surface area contributed by atoms with E-state index in [0.717, 1.165) is 38.4 Å². The van der Waals surface area contributed by atoms with Crippen molar-refractivity contribution in [2.45, 2.75) is 13.0 Å². The van der Waals surface area contributed by atoms with Crippen molar-refractivity contribution in [2.75, 3.05) is 31.1 Å². The number of fused-ring (bicyclic) bond motifs is 1. The van der Waals surface area contributed by atoms with Gasteiger partial charge in [0, 0.05) is 50.4 Å². The molecule has 136 valence electrons. The molecule has 3 aromatic rings. The van der Waals surface area contributed by atoms with Gasteiger partial charge in [0.25, 0.3) is 0 Å². The SMILES string of the molecule is Cn1nnc2c(N3CCCN(Cc4c(F)cccc4Cl)CC3)ncnc21. The number of aromatic nitrogens is 5. The maximum absolute atomic E-state index is 14.1. The van der Waals surface area contributed by atoms with Gasteiger partial charge in [0.2, 0.25) is 0 Å². The van der Waals surface area contributed by atoms with Crippen LogP contribution >= 0.6 is 11.6 Å². The van der Waals surface area contributed by atoms with Crippen LogP contribution in [0.15, 0.2) is 24.5 Å². The van der Waals surface area contributed by atoms with Crippen LogP contribution in [0.4, 0.5) is 10.2 Å². The predicted molar refractivity (Wildman–Crippen MR) is 97.6 cm³/mol. The zero-order chi connectivity index (χ0) is 18.1. The predicted octanol–water partition coefficient (Wildman–Crippen LogP) is 2.26. The Morgan fingerprint density at radius 1 is 1.15 bits per heavy atom. The molecule has 7 nitrogen and oxygen atoms in total. The Balaban J connectivity index is 1.51. The summed E-state index contributed by atoms with van der Waals surface area (Å²) in [4.78, 5) is 13.1. The minimum Gasteiger partial charge on any atom is -0.353 e. The van der Waals surface area contributed by atoms with Gasteiger partial charge in [0.15, 0.2) is 17.0 Å². The number of hydrogen-bond donors (Lipinski definition) is 0. The van der Waals surface area contributed by atoms with Gasteiger partial charge in [0.05, 0.1) is 0 Å². The zero-order valence-corrected chi connectivity index (χ0v) is 15.2. The summed E-state index contributed by atoms with van der Waals surface area (Å²) in [5.74, 6) is 0.546. The first-order valence-electron chi connectivity index (χ1n) is 8.54. The molecule has 3 heterocycles. The van der Waals surface area contributed by atoms with Gasteiger partial charge in [-0.2, -0.15) is 0 Å². The summed E-state index contributed by atoms with van der Waals surface area (Å²) in [6.45, 7) is 3.79. The summed E-state index contributed by atoms with van der Waals surface area (Å²) in [6.07, 6.45) is 2.49. The lowest BCUT2D eigenvalue weighted by atomic mass is 10.2. The summed E-state index contributed by atoms with van der Waals surface area (Å²) < 4.78 is 15.7. The number of aryl methyl sites for hydroxylation is 1. The summed E-state index contributed by atoms with van der Waals surface area (Å²) in [7, 11) is 1.81. The molecular formula is C17H19ClFN7. The van der Waals surface area contributed by atoms with Gasteiger partial charge in [0.1, 0.15) is 12.1 Å². The first kappa shape index (κ1) is 17.1. The van der Waals surface area contributed by atoms with Gasteiger partial charge in [-0.05, 0) is 18.6 Å². The van der Waals surface area contributed by atoms with Crippen molar-refractivity contribution in [1.82, 2.24) is 29.9 Å². The molecule has 0 saturated carbocycles. The highest BCUT2D eigenvalue weighted by molar-refractivity contribution is 6.31. The molecule has 0 N–H and O–H groups in total. The van der Waals surface area contributed by atoms with E-state index >= 15 is 0 Å². The molecule has 0 unspecified atom stereocenters. The monoisotopic (exact) mass is 375 g/mol. The molecule has 0 spiro atoms. The van der Waals surface area contributed by atoms with E-state index in [1.54, 1.807) is 23.1 Å². The van der Waals surface area contributed by atoms with Crippen LogP contribution < -0.4 is 4.90 Å². The molecule has 2 aromatic heterocycles. The molecule has 1 aliphatic heterocycles. The number of anilines is 1. The van der Waals surface area contributed by atoms with Gasteiger partial charge >= 0.3 is 0 Å². The second kappa shape index (κ2) is 7.13. The smallest absolute Gasteiger partial charge is 0.183 e. The Bertz CT molecular complexity index is 908. The van der Waals surface area contributed by atoms with Crippen LogP contribution in [0, 0.1) is 5.82 Å². The molecule has 0 bridgehead atoms. The molecule has 1 aromatic carbocycles. The van der Waals surface area contributed by atoms with E-state index in [9.17, 15) is 4.39 Å². The van der Waals surface area contributed by atoms with E-state index in [4.69, 9.17) is 11.6 Å². The van der Waals surface area contributed by atoms with E-state index in [1.807, 2.05) is 7.05 Å². The summed E-state index contributed by atoms with van der Waals surface area (Å²) in [5.41, 5.74) is 1.98. The van der Waals surface area contributed by atoms with E-state index < -0.39 is 0 Å². The fraction of sp³-hybridized carbons (Fsp3) is 0.412. The average molecular weight is 376 g/mol. The fourth-order valence-electron chi connectivity index (χ4n) is 3.32. The summed E-state index contributed by atoms with van der Waals surface area (Å²) >= 11 is 6.17. The Kier molecular flexibility index (Phi) is 4.69. The van der Waals surface area contributed by atoms with Crippen molar-refractivity contribution < 1.29 is 4.39 Å². The van der Waals surface area contributed by atoms with Gasteiger partial charge in [-0.1, -0.05) is 22.9 Å². The molecular weight excluding hydrogens is 357 g/mol. The van der Waals surface area contributed by atoms with E-state index in [1.165, 1.54) is 6.07 Å². The van der Waals surface area contributed by atoms with E-state index in [-0.39, 0.29) is 5.82 Å². The first-order chi connectivity index (χ1) is 12.6. The number of rotatable bonds is 3. The topological polar surface area (TPSA) is 63.0 Å². The fourth-order valence-corrected chi connectivity index (χ4v) is 3.54. The number of nitrogens with zero attached hydrogens (tertiary/aromatic N) is 7. The van der Waals surface area contributed by atoms with E-state index in [2.05, 4.69) is 30.1 Å². The Labute approximate surface area is 155 Å². The van der Waals surface area contributed by atoms with Crippen molar-refractivity contribution in [3.05, 3.63) is 40.9 Å². The van der Waals surface area contributed by atoms with Crippen LogP contribution in [0.1, 0.15) is 12.0 Å². The Morgan fingerprint density at radius 2 is 2.04 bits per heavy atom. The number of hydrogen-bond acceptors (Lipinski definition) is 6. The first-order valence-corrected chi connectivity index (χ1v) is 8.92. The molecule has 4 rings (SSSR count). The van der Waals surface area contributed by atoms with Crippen LogP contribution in [-0.2, 0) is 13.6 Å². The number of halogens is 2. The second-order valence-electron chi connectivity index (χ2n) is 6.40. The van der Waals surface area contributed by atoms with Crippen molar-refractivity contribution >= 4 is 28.6 Å². The minimum absolute atomic E-state index is 0.254. The van der Waals surface area contributed by atoms with Crippen LogP contribution in [0.3, 0.4) is 0 Å². The van der Waals surface area contributed by atoms with Gasteiger partial charge in [-0.3, -0.25) is 4.90 Å². The maximum atomic E-state index is 14.1. The largest absolute Gasteiger partial charge is 0.353 e. The minimum atomic E-state index is -0.254. The molecule has 26 heavy (non-hydrogen) atoms. The molecule has 1 saturated heterocycles. The lowest BCUT2D eigenvalue weighted by Crippen LogP contribution is -2.31. The maximum Gasteiger partial charge on any atom is 0.183 e. The highest BCUT2D eigenvalue weighted by Crippen LogP contribution is 2.24. The van der Waals surface area contributed by atoms with Crippen LogP contribution in [0.2, 0.25) is 5.02 Å². The van der Waals surface area contributed by atoms with Crippen molar-refractivity contribution in [1.29, 1.82) is 0 Å². The van der Waals surface area contributed by atoms with Crippen LogP contribution in [0.5, 0.6) is 0 Å². The lowest BCUT2D eigenvalue weighted by Gasteiger charge is -2.23. The van der Waals surface area contributed by atoms with Crippen LogP contribution in [0.25, 0.3) is 11.2 Å². The van der Waals surface area contributed by atoms with Gasteiger partial charge in [-0.25, -0.2) is 19.0 Å². The highest BCUT2D eigenvalue weighted by Gasteiger charge is 2.21. The summed E-state index contributed by atoms with van der Waals surface area (Å²) in [6, 6.07) is 4.82. The van der Waals surface area contributed by atoms with Crippen LogP contribution in [-0.4, -0.2) is 56.0 Å². The molecule has 0 atom stereocenters. The number of benzene rings is 1. The van der Waals surface area contributed by atoms with Crippen molar-refractivity contribution in [3.8, 4) is 0 Å². The molecule has 0 radical (unpaired) electrons.